The van der Waals surface area contributed by atoms with E-state index in [0.717, 1.165) is 16.6 Å². The molecule has 0 atom stereocenters. The zero-order valence-corrected chi connectivity index (χ0v) is 10.1. The first kappa shape index (κ1) is 10.7. The minimum atomic E-state index is -0.0780. The van der Waals surface area contributed by atoms with E-state index in [4.69, 9.17) is 0 Å². The molecule has 1 aliphatic heterocycles. The van der Waals surface area contributed by atoms with Crippen LogP contribution in [0.1, 0.15) is 12.5 Å². The van der Waals surface area contributed by atoms with Gasteiger partial charge in [0.05, 0.1) is 0 Å². The van der Waals surface area contributed by atoms with Gasteiger partial charge >= 0.3 is 0 Å². The lowest BCUT2D eigenvalue weighted by atomic mass is 10.2. The molecule has 1 amide bonds. The number of rotatable bonds is 1. The highest BCUT2D eigenvalue weighted by atomic mass is 16.2. The molecule has 0 fully saturated rings. The Bertz CT molecular complexity index is 696. The van der Waals surface area contributed by atoms with Crippen molar-refractivity contribution in [2.45, 2.75) is 6.92 Å². The Labute approximate surface area is 104 Å². The van der Waals surface area contributed by atoms with Crippen LogP contribution in [0.5, 0.6) is 0 Å². The monoisotopic (exact) mass is 240 g/mol. The molecule has 2 aromatic rings. The zero-order valence-electron chi connectivity index (χ0n) is 10.1. The number of carbonyl (C=O) groups is 1. The Kier molecular flexibility index (Phi) is 2.26. The maximum absolute atomic E-state index is 11.9. The summed E-state index contributed by atoms with van der Waals surface area (Å²) in [5.74, 6) is 0.634. The molecule has 1 aliphatic rings. The molecule has 0 bridgehead atoms. The minimum Gasteiger partial charge on any atom is -0.346 e. The molecular weight excluding hydrogens is 228 g/mol. The highest BCUT2D eigenvalue weighted by molar-refractivity contribution is 6.14. The Morgan fingerprint density at radius 1 is 1.44 bits per heavy atom. The van der Waals surface area contributed by atoms with Crippen LogP contribution in [0, 0.1) is 0 Å². The molecule has 0 saturated heterocycles. The highest BCUT2D eigenvalue weighted by Gasteiger charge is 2.23. The molecule has 3 rings (SSSR count). The summed E-state index contributed by atoms with van der Waals surface area (Å²) in [6.45, 7) is 1.82. The van der Waals surface area contributed by atoms with Gasteiger partial charge in [-0.15, -0.1) is 0 Å². The van der Waals surface area contributed by atoms with Gasteiger partial charge in [-0.05, 0) is 25.1 Å². The van der Waals surface area contributed by atoms with Crippen LogP contribution < -0.4 is 0 Å². The van der Waals surface area contributed by atoms with E-state index in [9.17, 15) is 4.79 Å². The average molecular weight is 240 g/mol. The summed E-state index contributed by atoms with van der Waals surface area (Å²) in [6, 6.07) is 3.83. The van der Waals surface area contributed by atoms with Crippen molar-refractivity contribution >= 4 is 28.9 Å². The van der Waals surface area contributed by atoms with Crippen LogP contribution in [0.15, 0.2) is 35.2 Å². The normalized spacial score (nSPS) is 17.9. The third kappa shape index (κ3) is 1.52. The molecule has 0 saturated carbocycles. The fraction of sp³-hybridized carbons (Fsp3) is 0.154. The number of amides is 1. The number of pyridine rings is 1. The smallest absolute Gasteiger partial charge is 0.277 e. The van der Waals surface area contributed by atoms with Gasteiger partial charge in [0.15, 0.2) is 0 Å². The van der Waals surface area contributed by atoms with Gasteiger partial charge in [0, 0.05) is 30.4 Å². The Balaban J connectivity index is 2.10. The summed E-state index contributed by atoms with van der Waals surface area (Å²) in [7, 11) is 1.72. The first-order valence-electron chi connectivity index (χ1n) is 5.64. The number of likely N-dealkylation sites (N-methyl/N-ethyl adjacent to an activating group) is 1. The Morgan fingerprint density at radius 2 is 2.28 bits per heavy atom. The fourth-order valence-corrected chi connectivity index (χ4v) is 1.95. The number of nitrogens with one attached hydrogen (secondary N) is 1. The van der Waals surface area contributed by atoms with Gasteiger partial charge in [-0.1, -0.05) is 0 Å². The third-order valence-electron chi connectivity index (χ3n) is 3.07. The lowest BCUT2D eigenvalue weighted by Gasteiger charge is -2.05. The number of aliphatic imine (C=N–C) groups is 1. The van der Waals surface area contributed by atoms with Crippen molar-refractivity contribution in [1.29, 1.82) is 0 Å². The molecule has 0 spiro atoms. The maximum Gasteiger partial charge on any atom is 0.277 e. The summed E-state index contributed by atoms with van der Waals surface area (Å²) < 4.78 is 0. The summed E-state index contributed by atoms with van der Waals surface area (Å²) in [5, 5.41) is 0.986. The minimum absolute atomic E-state index is 0.0780. The van der Waals surface area contributed by atoms with Crippen LogP contribution in [0.25, 0.3) is 17.1 Å². The van der Waals surface area contributed by atoms with Crippen molar-refractivity contribution in [1.82, 2.24) is 14.9 Å². The standard InChI is InChI=1S/C13H12N4O/c1-8-16-11(13(18)17(8)2)6-9-7-15-12-10(9)4-3-5-14-12/h3-7H,1-2H3,(H,14,15)/b11-6-. The zero-order chi connectivity index (χ0) is 12.7. The van der Waals surface area contributed by atoms with Gasteiger partial charge in [0.25, 0.3) is 5.91 Å². The van der Waals surface area contributed by atoms with Gasteiger partial charge in [-0.25, -0.2) is 9.98 Å². The fourth-order valence-electron chi connectivity index (χ4n) is 1.95. The second-order valence-corrected chi connectivity index (χ2v) is 4.20. The van der Waals surface area contributed by atoms with E-state index in [1.165, 1.54) is 0 Å². The van der Waals surface area contributed by atoms with E-state index in [1.807, 2.05) is 25.3 Å². The van der Waals surface area contributed by atoms with Crippen LogP contribution in [-0.2, 0) is 4.79 Å². The Morgan fingerprint density at radius 3 is 3.00 bits per heavy atom. The Hall–Kier alpha value is -2.43. The summed E-state index contributed by atoms with van der Waals surface area (Å²) >= 11 is 0. The number of nitrogens with zero attached hydrogens (tertiary/aromatic N) is 3. The van der Waals surface area contributed by atoms with Crippen molar-refractivity contribution in [2.24, 2.45) is 4.99 Å². The van der Waals surface area contributed by atoms with E-state index < -0.39 is 0 Å². The molecule has 0 radical (unpaired) electrons. The second kappa shape index (κ2) is 3.80. The molecule has 0 aliphatic carbocycles. The molecule has 18 heavy (non-hydrogen) atoms. The first-order valence-corrected chi connectivity index (χ1v) is 5.64. The molecule has 3 heterocycles. The molecule has 5 nitrogen and oxygen atoms in total. The van der Waals surface area contributed by atoms with E-state index in [0.29, 0.717) is 11.5 Å². The van der Waals surface area contributed by atoms with Crippen LogP contribution in [0.4, 0.5) is 0 Å². The molecule has 2 aromatic heterocycles. The topological polar surface area (TPSA) is 61.4 Å². The quantitative estimate of drug-likeness (QED) is 0.772. The lowest BCUT2D eigenvalue weighted by Crippen LogP contribution is -2.25. The number of H-pyrrole nitrogens is 1. The van der Waals surface area contributed by atoms with E-state index in [-0.39, 0.29) is 5.91 Å². The molecule has 0 unspecified atom stereocenters. The largest absolute Gasteiger partial charge is 0.346 e. The van der Waals surface area contributed by atoms with Crippen molar-refractivity contribution in [3.8, 4) is 0 Å². The predicted molar refractivity (Wildman–Crippen MR) is 69.9 cm³/mol. The van der Waals surface area contributed by atoms with Crippen LogP contribution in [-0.4, -0.2) is 33.7 Å². The average Bonchev–Trinajstić information content (AvgIpc) is 2.89. The summed E-state index contributed by atoms with van der Waals surface area (Å²) in [4.78, 5) is 25.0. The van der Waals surface area contributed by atoms with Crippen molar-refractivity contribution in [3.05, 3.63) is 35.8 Å². The lowest BCUT2D eigenvalue weighted by molar-refractivity contribution is -0.121. The predicted octanol–water partition coefficient (Wildman–Crippen LogP) is 1.79. The van der Waals surface area contributed by atoms with E-state index in [1.54, 1.807) is 24.2 Å². The van der Waals surface area contributed by atoms with Gasteiger partial charge in [-0.2, -0.15) is 0 Å². The van der Waals surface area contributed by atoms with Gasteiger partial charge < -0.3 is 4.98 Å². The SMILES string of the molecule is CC1=N/C(=C\c2c[nH]c3ncccc23)C(=O)N1C. The molecule has 1 N–H and O–H groups in total. The van der Waals surface area contributed by atoms with Crippen LogP contribution in [0.3, 0.4) is 0 Å². The van der Waals surface area contributed by atoms with E-state index in [2.05, 4.69) is 15.0 Å². The first-order chi connectivity index (χ1) is 8.66. The van der Waals surface area contributed by atoms with Crippen LogP contribution >= 0.6 is 0 Å². The highest BCUT2D eigenvalue weighted by Crippen LogP contribution is 2.22. The van der Waals surface area contributed by atoms with Crippen LogP contribution in [0.2, 0.25) is 0 Å². The van der Waals surface area contributed by atoms with Crippen molar-refractivity contribution in [3.63, 3.8) is 0 Å². The molecule has 0 aromatic carbocycles. The van der Waals surface area contributed by atoms with E-state index >= 15 is 0 Å². The number of hydrogen-bond acceptors (Lipinski definition) is 3. The molecular formula is C13H12N4O. The van der Waals surface area contributed by atoms with Crippen molar-refractivity contribution in [2.75, 3.05) is 7.05 Å². The molecule has 90 valence electrons. The van der Waals surface area contributed by atoms with Gasteiger partial charge in [0.2, 0.25) is 0 Å². The maximum atomic E-state index is 11.9. The number of amidine groups is 1. The number of hydrogen-bond donors (Lipinski definition) is 1. The van der Waals surface area contributed by atoms with Gasteiger partial charge in [0.1, 0.15) is 17.2 Å². The summed E-state index contributed by atoms with van der Waals surface area (Å²) in [5.41, 5.74) is 2.19. The number of carbonyl (C=O) groups excluding carboxylic acids is 1. The number of aromatic amines is 1. The number of fused-ring (bicyclic) bond motifs is 1. The summed E-state index contributed by atoms with van der Waals surface area (Å²) in [6.07, 6.45) is 5.35. The molecule has 5 heteroatoms. The van der Waals surface area contributed by atoms with Gasteiger partial charge in [-0.3, -0.25) is 9.69 Å². The van der Waals surface area contributed by atoms with Crippen molar-refractivity contribution < 1.29 is 4.79 Å². The second-order valence-electron chi connectivity index (χ2n) is 4.20. The third-order valence-corrected chi connectivity index (χ3v) is 3.07. The number of aromatic nitrogens is 2.